The summed E-state index contributed by atoms with van der Waals surface area (Å²) in [6.07, 6.45) is 2.17. The highest BCUT2D eigenvalue weighted by Crippen LogP contribution is 2.31. The van der Waals surface area contributed by atoms with Crippen LogP contribution in [-0.2, 0) is 11.2 Å². The minimum Gasteiger partial charge on any atom is -0.493 e. The zero-order chi connectivity index (χ0) is 24.9. The molecule has 0 saturated heterocycles. The van der Waals surface area contributed by atoms with Crippen molar-refractivity contribution in [3.8, 4) is 22.9 Å². The Labute approximate surface area is 207 Å². The molecule has 3 aromatic carbocycles. The van der Waals surface area contributed by atoms with Gasteiger partial charge >= 0.3 is 0 Å². The molecule has 0 bridgehead atoms. The number of carbonyl (C=O) groups is 1. The van der Waals surface area contributed by atoms with Crippen molar-refractivity contribution in [1.82, 2.24) is 25.4 Å². The predicted octanol–water partition coefficient (Wildman–Crippen LogP) is 4.47. The van der Waals surface area contributed by atoms with Gasteiger partial charge in [0.1, 0.15) is 0 Å². The number of ether oxygens (including phenoxy) is 2. The van der Waals surface area contributed by atoms with E-state index in [4.69, 9.17) is 14.0 Å². The Kier molecular flexibility index (Phi) is 6.61. The molecule has 1 unspecified atom stereocenters. The maximum Gasteiger partial charge on any atom is 0.227 e. The molecule has 5 aromatic rings. The van der Waals surface area contributed by atoms with E-state index in [2.05, 4.69) is 25.4 Å². The number of nitrogens with zero attached hydrogens (tertiary/aromatic N) is 3. The lowest BCUT2D eigenvalue weighted by atomic mass is 9.98. The van der Waals surface area contributed by atoms with Crippen molar-refractivity contribution >= 4 is 16.9 Å². The molecule has 2 heterocycles. The van der Waals surface area contributed by atoms with Crippen LogP contribution in [0, 0.1) is 0 Å². The van der Waals surface area contributed by atoms with Crippen LogP contribution in [-0.4, -0.2) is 40.2 Å². The number of aromatic amines is 1. The van der Waals surface area contributed by atoms with Crippen LogP contribution in [0.25, 0.3) is 22.4 Å². The number of aryl methyl sites for hydroxylation is 1. The molecule has 1 atom stereocenters. The average molecular weight is 484 g/mol. The molecular formula is C27H25N5O4. The van der Waals surface area contributed by atoms with Crippen LogP contribution >= 0.6 is 0 Å². The second kappa shape index (κ2) is 10.3. The minimum atomic E-state index is -0.309. The molecule has 0 spiro atoms. The second-order valence-corrected chi connectivity index (χ2v) is 8.17. The summed E-state index contributed by atoms with van der Waals surface area (Å²) >= 11 is 0. The standard InChI is InChI=1S/C27H25N5O4/c1-34-22-11-9-19(15-23(22)35-2)27-31-25(36-32-27)13-12-24(33)30-26(17-6-4-3-5-7-17)18-8-10-20-21(14-18)29-16-28-20/h3-11,14-16,26H,12-13H2,1-2H3,(H,28,29)(H,30,33). The molecular weight excluding hydrogens is 458 g/mol. The Balaban J connectivity index is 1.28. The van der Waals surface area contributed by atoms with Crippen molar-refractivity contribution in [3.05, 3.63) is 90.1 Å². The zero-order valence-corrected chi connectivity index (χ0v) is 19.9. The van der Waals surface area contributed by atoms with E-state index in [0.29, 0.717) is 29.6 Å². The van der Waals surface area contributed by atoms with Gasteiger partial charge in [-0.05, 0) is 41.5 Å². The SMILES string of the molecule is COc1ccc(-c2noc(CCC(=O)NC(c3ccccc3)c3ccc4nc[nH]c4c3)n2)cc1OC. The number of H-pyrrole nitrogens is 1. The molecule has 0 aliphatic heterocycles. The van der Waals surface area contributed by atoms with E-state index >= 15 is 0 Å². The molecule has 0 fully saturated rings. The van der Waals surface area contributed by atoms with E-state index in [-0.39, 0.29) is 18.4 Å². The van der Waals surface area contributed by atoms with Crippen LogP contribution < -0.4 is 14.8 Å². The molecule has 9 heteroatoms. The quantitative estimate of drug-likeness (QED) is 0.318. The van der Waals surface area contributed by atoms with Gasteiger partial charge in [0.2, 0.25) is 17.6 Å². The Bertz CT molecular complexity index is 1480. The van der Waals surface area contributed by atoms with Gasteiger partial charge in [-0.15, -0.1) is 0 Å². The Morgan fingerprint density at radius 3 is 2.64 bits per heavy atom. The first kappa shape index (κ1) is 23.1. The number of benzene rings is 3. The summed E-state index contributed by atoms with van der Waals surface area (Å²) in [6.45, 7) is 0. The Morgan fingerprint density at radius 1 is 1.00 bits per heavy atom. The molecule has 36 heavy (non-hydrogen) atoms. The first-order valence-electron chi connectivity index (χ1n) is 11.5. The van der Waals surface area contributed by atoms with Crippen molar-refractivity contribution < 1.29 is 18.8 Å². The summed E-state index contributed by atoms with van der Waals surface area (Å²) < 4.78 is 16.0. The Hall–Kier alpha value is -4.66. The third-order valence-corrected chi connectivity index (χ3v) is 5.89. The van der Waals surface area contributed by atoms with Gasteiger partial charge in [0.15, 0.2) is 11.5 Å². The molecule has 0 aliphatic rings. The number of amides is 1. The lowest BCUT2D eigenvalue weighted by molar-refractivity contribution is -0.121. The third-order valence-electron chi connectivity index (χ3n) is 5.89. The lowest BCUT2D eigenvalue weighted by Crippen LogP contribution is -2.29. The van der Waals surface area contributed by atoms with Gasteiger partial charge in [-0.3, -0.25) is 4.79 Å². The second-order valence-electron chi connectivity index (χ2n) is 8.17. The van der Waals surface area contributed by atoms with Gasteiger partial charge in [0.05, 0.1) is 37.6 Å². The van der Waals surface area contributed by atoms with Crippen molar-refractivity contribution in [1.29, 1.82) is 0 Å². The van der Waals surface area contributed by atoms with Gasteiger partial charge < -0.3 is 24.3 Å². The molecule has 0 saturated carbocycles. The number of nitrogens with one attached hydrogen (secondary N) is 2. The molecule has 2 N–H and O–H groups in total. The number of imidazole rings is 1. The van der Waals surface area contributed by atoms with E-state index < -0.39 is 0 Å². The summed E-state index contributed by atoms with van der Waals surface area (Å²) in [5, 5.41) is 7.20. The van der Waals surface area contributed by atoms with Crippen LogP contribution in [0.5, 0.6) is 11.5 Å². The monoisotopic (exact) mass is 483 g/mol. The van der Waals surface area contributed by atoms with Crippen LogP contribution in [0.4, 0.5) is 0 Å². The van der Waals surface area contributed by atoms with Crippen LogP contribution in [0.1, 0.15) is 29.5 Å². The normalized spacial score (nSPS) is 11.8. The van der Waals surface area contributed by atoms with Crippen LogP contribution in [0.2, 0.25) is 0 Å². The smallest absolute Gasteiger partial charge is 0.227 e. The molecule has 182 valence electrons. The summed E-state index contributed by atoms with van der Waals surface area (Å²) in [7, 11) is 3.14. The number of carbonyl (C=O) groups excluding carboxylic acids is 1. The van der Waals surface area contributed by atoms with E-state index in [9.17, 15) is 4.79 Å². The van der Waals surface area contributed by atoms with Crippen molar-refractivity contribution in [2.24, 2.45) is 0 Å². The number of fused-ring (bicyclic) bond motifs is 1. The first-order chi connectivity index (χ1) is 17.6. The Morgan fingerprint density at radius 2 is 1.83 bits per heavy atom. The molecule has 2 aromatic heterocycles. The van der Waals surface area contributed by atoms with Crippen LogP contribution in [0.3, 0.4) is 0 Å². The fraction of sp³-hybridized carbons (Fsp3) is 0.185. The van der Waals surface area contributed by atoms with Crippen LogP contribution in [0.15, 0.2) is 77.6 Å². The number of aromatic nitrogens is 4. The molecule has 1 amide bonds. The van der Waals surface area contributed by atoms with Crippen molar-refractivity contribution in [2.75, 3.05) is 14.2 Å². The molecule has 9 nitrogen and oxygen atoms in total. The molecule has 0 radical (unpaired) electrons. The van der Waals surface area contributed by atoms with Gasteiger partial charge in [0.25, 0.3) is 0 Å². The fourth-order valence-corrected chi connectivity index (χ4v) is 4.04. The van der Waals surface area contributed by atoms with Gasteiger partial charge in [-0.1, -0.05) is 41.6 Å². The highest BCUT2D eigenvalue weighted by atomic mass is 16.5. The number of hydrogen-bond acceptors (Lipinski definition) is 7. The molecule has 5 rings (SSSR count). The topological polar surface area (TPSA) is 115 Å². The van der Waals surface area contributed by atoms with E-state index in [1.807, 2.05) is 54.6 Å². The average Bonchev–Trinajstić information content (AvgIpc) is 3.60. The van der Waals surface area contributed by atoms with Gasteiger partial charge in [0, 0.05) is 18.4 Å². The maximum atomic E-state index is 13.0. The summed E-state index contributed by atoms with van der Waals surface area (Å²) in [5.74, 6) is 1.85. The summed E-state index contributed by atoms with van der Waals surface area (Å²) in [4.78, 5) is 24.8. The first-order valence-corrected chi connectivity index (χ1v) is 11.5. The predicted molar refractivity (Wildman–Crippen MR) is 134 cm³/mol. The van der Waals surface area contributed by atoms with Gasteiger partial charge in [-0.2, -0.15) is 4.98 Å². The third kappa shape index (κ3) is 4.90. The summed E-state index contributed by atoms with van der Waals surface area (Å²) in [5.41, 5.74) is 4.46. The number of methoxy groups -OCH3 is 2. The zero-order valence-electron chi connectivity index (χ0n) is 19.9. The van der Waals surface area contributed by atoms with Crippen molar-refractivity contribution in [3.63, 3.8) is 0 Å². The van der Waals surface area contributed by atoms with E-state index in [0.717, 1.165) is 27.7 Å². The van der Waals surface area contributed by atoms with Gasteiger partial charge in [-0.25, -0.2) is 4.98 Å². The molecule has 0 aliphatic carbocycles. The van der Waals surface area contributed by atoms with E-state index in [1.165, 1.54) is 0 Å². The minimum absolute atomic E-state index is 0.126. The largest absolute Gasteiger partial charge is 0.493 e. The highest BCUT2D eigenvalue weighted by molar-refractivity contribution is 5.79. The summed E-state index contributed by atoms with van der Waals surface area (Å²) in [6, 6.07) is 20.9. The lowest BCUT2D eigenvalue weighted by Gasteiger charge is -2.20. The number of rotatable bonds is 9. The van der Waals surface area contributed by atoms with Crippen molar-refractivity contribution in [2.45, 2.75) is 18.9 Å². The van der Waals surface area contributed by atoms with E-state index in [1.54, 1.807) is 32.7 Å². The fourth-order valence-electron chi connectivity index (χ4n) is 4.04. The maximum absolute atomic E-state index is 13.0. The number of hydrogen-bond donors (Lipinski definition) is 2. The highest BCUT2D eigenvalue weighted by Gasteiger charge is 2.19.